The minimum atomic E-state index is -0.0739. The van der Waals surface area contributed by atoms with Crippen molar-refractivity contribution in [2.75, 3.05) is 32.5 Å². The van der Waals surface area contributed by atoms with Crippen molar-refractivity contribution in [2.45, 2.75) is 13.3 Å². The summed E-state index contributed by atoms with van der Waals surface area (Å²) in [4.78, 5) is 17.1. The van der Waals surface area contributed by atoms with Crippen LogP contribution in [0.4, 0.5) is 9.93 Å². The molecule has 0 saturated carbocycles. The number of rotatable bonds is 5. The van der Waals surface area contributed by atoms with Gasteiger partial charge in [0.15, 0.2) is 5.13 Å². The molecule has 16 heavy (non-hydrogen) atoms. The number of aryl methyl sites for hydroxylation is 1. The molecule has 1 heterocycles. The maximum Gasteiger partial charge on any atom is 0.316 e. The molecule has 0 aliphatic carbocycles. The first-order valence-corrected chi connectivity index (χ1v) is 6.15. The Morgan fingerprint density at radius 1 is 1.50 bits per heavy atom. The second-order valence-electron chi connectivity index (χ2n) is 3.55. The molecule has 0 unspecified atom stereocenters. The minimum absolute atomic E-state index is 0.0739. The Kier molecular flexibility index (Phi) is 5.04. The second kappa shape index (κ2) is 6.32. The van der Waals surface area contributed by atoms with Gasteiger partial charge in [0.05, 0.1) is 5.69 Å². The van der Waals surface area contributed by atoms with Crippen LogP contribution < -0.4 is 10.6 Å². The van der Waals surface area contributed by atoms with E-state index in [9.17, 15) is 4.79 Å². The van der Waals surface area contributed by atoms with Crippen molar-refractivity contribution >= 4 is 22.5 Å². The molecular weight excluding hydrogens is 224 g/mol. The Labute approximate surface area is 99.9 Å². The van der Waals surface area contributed by atoms with Gasteiger partial charge in [0.1, 0.15) is 0 Å². The Morgan fingerprint density at radius 3 is 2.81 bits per heavy atom. The van der Waals surface area contributed by atoms with Crippen LogP contribution in [0.3, 0.4) is 0 Å². The highest BCUT2D eigenvalue weighted by molar-refractivity contribution is 7.13. The lowest BCUT2D eigenvalue weighted by Gasteiger charge is -2.11. The van der Waals surface area contributed by atoms with Crippen LogP contribution in [-0.2, 0) is 6.42 Å². The fourth-order valence-electron chi connectivity index (χ4n) is 1.05. The highest BCUT2D eigenvalue weighted by atomic mass is 32.1. The summed E-state index contributed by atoms with van der Waals surface area (Å²) in [5.74, 6) is 0. The molecule has 2 N–H and O–H groups in total. The summed E-state index contributed by atoms with van der Waals surface area (Å²) in [5.41, 5.74) is 1.10. The van der Waals surface area contributed by atoms with E-state index in [1.807, 2.05) is 5.38 Å². The molecule has 0 spiro atoms. The number of aromatic nitrogens is 1. The third-order valence-electron chi connectivity index (χ3n) is 2.00. The molecule has 5 nitrogen and oxygen atoms in total. The molecule has 0 atom stereocenters. The van der Waals surface area contributed by atoms with Gasteiger partial charge in [-0.2, -0.15) is 0 Å². The second-order valence-corrected chi connectivity index (χ2v) is 4.41. The first-order valence-electron chi connectivity index (χ1n) is 5.27. The van der Waals surface area contributed by atoms with Gasteiger partial charge in [-0.1, -0.05) is 6.92 Å². The number of amides is 2. The smallest absolute Gasteiger partial charge is 0.316 e. The molecule has 0 aliphatic rings. The third-order valence-corrected chi connectivity index (χ3v) is 2.85. The Hall–Kier alpha value is -1.30. The van der Waals surface area contributed by atoms with Gasteiger partial charge in [0.2, 0.25) is 0 Å². The Bertz CT molecular complexity index is 337. The number of carbonyl (C=O) groups is 1. The molecule has 0 aliphatic heterocycles. The maximum absolute atomic E-state index is 11.2. The SMILES string of the molecule is CCc1csc(NCCNC(=O)N(C)C)n1. The van der Waals surface area contributed by atoms with Crippen molar-refractivity contribution in [3.05, 3.63) is 11.1 Å². The summed E-state index contributed by atoms with van der Waals surface area (Å²) in [6, 6.07) is -0.0739. The van der Waals surface area contributed by atoms with Crippen molar-refractivity contribution in [3.8, 4) is 0 Å². The van der Waals surface area contributed by atoms with Crippen LogP contribution >= 0.6 is 11.3 Å². The molecular formula is C10H18N4OS. The molecule has 2 amide bonds. The van der Waals surface area contributed by atoms with Crippen LogP contribution in [0, 0.1) is 0 Å². The molecule has 90 valence electrons. The zero-order valence-corrected chi connectivity index (χ0v) is 10.7. The van der Waals surface area contributed by atoms with E-state index in [0.717, 1.165) is 17.2 Å². The molecule has 0 bridgehead atoms. The van der Waals surface area contributed by atoms with E-state index < -0.39 is 0 Å². The lowest BCUT2D eigenvalue weighted by atomic mass is 10.4. The van der Waals surface area contributed by atoms with Crippen LogP contribution in [0.25, 0.3) is 0 Å². The van der Waals surface area contributed by atoms with Gasteiger partial charge < -0.3 is 15.5 Å². The lowest BCUT2D eigenvalue weighted by molar-refractivity contribution is 0.218. The summed E-state index contributed by atoms with van der Waals surface area (Å²) in [7, 11) is 3.44. The molecule has 6 heteroatoms. The van der Waals surface area contributed by atoms with Crippen LogP contribution in [0.15, 0.2) is 5.38 Å². The lowest BCUT2D eigenvalue weighted by Crippen LogP contribution is -2.37. The summed E-state index contributed by atoms with van der Waals surface area (Å²) < 4.78 is 0. The fourth-order valence-corrected chi connectivity index (χ4v) is 1.87. The normalized spacial score (nSPS) is 9.94. The van der Waals surface area contributed by atoms with Crippen LogP contribution in [-0.4, -0.2) is 43.1 Å². The van der Waals surface area contributed by atoms with E-state index in [-0.39, 0.29) is 6.03 Å². The first-order chi connectivity index (χ1) is 7.63. The first kappa shape index (κ1) is 12.8. The van der Waals surface area contributed by atoms with Gasteiger partial charge in [0, 0.05) is 32.6 Å². The summed E-state index contributed by atoms with van der Waals surface area (Å²) >= 11 is 1.59. The van der Waals surface area contributed by atoms with E-state index in [0.29, 0.717) is 13.1 Å². The summed E-state index contributed by atoms with van der Waals surface area (Å²) in [6.45, 7) is 3.37. The van der Waals surface area contributed by atoms with Crippen molar-refractivity contribution in [2.24, 2.45) is 0 Å². The Balaban J connectivity index is 2.18. The number of nitrogens with one attached hydrogen (secondary N) is 2. The van der Waals surface area contributed by atoms with E-state index in [2.05, 4.69) is 22.5 Å². The molecule has 0 fully saturated rings. The van der Waals surface area contributed by atoms with E-state index in [1.54, 1.807) is 25.4 Å². The summed E-state index contributed by atoms with van der Waals surface area (Å²) in [6.07, 6.45) is 0.954. The molecule has 1 aromatic heterocycles. The number of carbonyl (C=O) groups excluding carboxylic acids is 1. The number of hydrogen-bond donors (Lipinski definition) is 2. The Morgan fingerprint density at radius 2 is 2.25 bits per heavy atom. The topological polar surface area (TPSA) is 57.3 Å². The molecule has 1 aromatic rings. The van der Waals surface area contributed by atoms with Crippen molar-refractivity contribution in [3.63, 3.8) is 0 Å². The zero-order chi connectivity index (χ0) is 12.0. The highest BCUT2D eigenvalue weighted by Gasteiger charge is 2.02. The van der Waals surface area contributed by atoms with Gasteiger partial charge in [-0.15, -0.1) is 11.3 Å². The van der Waals surface area contributed by atoms with Crippen molar-refractivity contribution in [1.29, 1.82) is 0 Å². The number of nitrogens with zero attached hydrogens (tertiary/aromatic N) is 2. The molecule has 1 rings (SSSR count). The van der Waals surface area contributed by atoms with E-state index in [1.165, 1.54) is 4.90 Å². The number of anilines is 1. The highest BCUT2D eigenvalue weighted by Crippen LogP contribution is 2.14. The average Bonchev–Trinajstić information content (AvgIpc) is 2.71. The molecule has 0 radical (unpaired) electrons. The van der Waals surface area contributed by atoms with Crippen molar-refractivity contribution < 1.29 is 4.79 Å². The predicted octanol–water partition coefficient (Wildman–Crippen LogP) is 1.39. The predicted molar refractivity (Wildman–Crippen MR) is 67.1 cm³/mol. The van der Waals surface area contributed by atoms with Gasteiger partial charge in [-0.25, -0.2) is 9.78 Å². The number of hydrogen-bond acceptors (Lipinski definition) is 4. The standard InChI is InChI=1S/C10H18N4OS/c1-4-8-7-16-9(13-8)11-5-6-12-10(15)14(2)3/h7H,4-6H2,1-3H3,(H,11,13)(H,12,15). The fraction of sp³-hybridized carbons (Fsp3) is 0.600. The van der Waals surface area contributed by atoms with E-state index >= 15 is 0 Å². The number of thiazole rings is 1. The van der Waals surface area contributed by atoms with E-state index in [4.69, 9.17) is 0 Å². The molecule has 0 saturated heterocycles. The number of urea groups is 1. The van der Waals surface area contributed by atoms with Gasteiger partial charge >= 0.3 is 6.03 Å². The average molecular weight is 242 g/mol. The van der Waals surface area contributed by atoms with Crippen LogP contribution in [0.2, 0.25) is 0 Å². The van der Waals surface area contributed by atoms with Gasteiger partial charge in [-0.05, 0) is 6.42 Å². The summed E-state index contributed by atoms with van der Waals surface area (Å²) in [5, 5.41) is 8.90. The molecule has 0 aromatic carbocycles. The maximum atomic E-state index is 11.2. The van der Waals surface area contributed by atoms with Crippen LogP contribution in [0.1, 0.15) is 12.6 Å². The quantitative estimate of drug-likeness (QED) is 0.767. The minimum Gasteiger partial charge on any atom is -0.360 e. The zero-order valence-electron chi connectivity index (χ0n) is 9.91. The largest absolute Gasteiger partial charge is 0.360 e. The third kappa shape index (κ3) is 4.06. The van der Waals surface area contributed by atoms with Crippen molar-refractivity contribution in [1.82, 2.24) is 15.2 Å². The van der Waals surface area contributed by atoms with Gasteiger partial charge in [0.25, 0.3) is 0 Å². The van der Waals surface area contributed by atoms with Crippen LogP contribution in [0.5, 0.6) is 0 Å². The van der Waals surface area contributed by atoms with Gasteiger partial charge in [-0.3, -0.25) is 0 Å². The monoisotopic (exact) mass is 242 g/mol.